The molecular weight excluding hydrogens is 274 g/mol. The molecule has 0 spiro atoms. The third kappa shape index (κ3) is 3.17. The second kappa shape index (κ2) is 6.71. The Balaban J connectivity index is 1.67. The Morgan fingerprint density at radius 3 is 3.09 bits per heavy atom. The van der Waals surface area contributed by atoms with Crippen LogP contribution in [0.15, 0.2) is 42.6 Å². The summed E-state index contributed by atoms with van der Waals surface area (Å²) in [6, 6.07) is 12.4. The highest BCUT2D eigenvalue weighted by Gasteiger charge is 2.20. The lowest BCUT2D eigenvalue weighted by Crippen LogP contribution is -2.39. The van der Waals surface area contributed by atoms with Gasteiger partial charge in [0.05, 0.1) is 0 Å². The van der Waals surface area contributed by atoms with Crippen molar-refractivity contribution in [2.75, 3.05) is 13.1 Å². The van der Waals surface area contributed by atoms with Crippen LogP contribution in [0.25, 0.3) is 0 Å². The molecule has 0 aliphatic carbocycles. The number of hydrogen-bond donors (Lipinski definition) is 2. The summed E-state index contributed by atoms with van der Waals surface area (Å²) in [5.74, 6) is -0.111. The van der Waals surface area contributed by atoms with Crippen LogP contribution in [0, 0.1) is 0 Å². The van der Waals surface area contributed by atoms with Crippen LogP contribution in [-0.2, 0) is 12.8 Å². The van der Waals surface area contributed by atoms with Gasteiger partial charge in [0.2, 0.25) is 0 Å². The predicted octanol–water partition coefficient (Wildman–Crippen LogP) is 2.26. The van der Waals surface area contributed by atoms with Crippen LogP contribution in [0.2, 0.25) is 0 Å². The Kier molecular flexibility index (Phi) is 4.49. The van der Waals surface area contributed by atoms with Crippen LogP contribution < -0.4 is 10.6 Å². The van der Waals surface area contributed by atoms with Gasteiger partial charge in [-0.15, -0.1) is 0 Å². The van der Waals surface area contributed by atoms with Gasteiger partial charge in [0, 0.05) is 18.8 Å². The van der Waals surface area contributed by atoms with Gasteiger partial charge in [-0.1, -0.05) is 31.2 Å². The minimum atomic E-state index is -0.111. The number of benzene rings is 1. The van der Waals surface area contributed by atoms with Crippen molar-refractivity contribution in [2.24, 2.45) is 0 Å². The van der Waals surface area contributed by atoms with Crippen LogP contribution in [0.4, 0.5) is 0 Å². The van der Waals surface area contributed by atoms with Crippen molar-refractivity contribution in [3.63, 3.8) is 0 Å². The fraction of sp³-hybridized carbons (Fsp3) is 0.333. The topological polar surface area (TPSA) is 54.0 Å². The minimum Gasteiger partial charge on any atom is -0.349 e. The van der Waals surface area contributed by atoms with Gasteiger partial charge in [-0.25, -0.2) is 0 Å². The van der Waals surface area contributed by atoms with Crippen molar-refractivity contribution in [1.29, 1.82) is 0 Å². The molecule has 1 aliphatic rings. The zero-order valence-electron chi connectivity index (χ0n) is 12.8. The third-order valence-electron chi connectivity index (χ3n) is 4.15. The first-order valence-electron chi connectivity index (χ1n) is 7.82. The summed E-state index contributed by atoms with van der Waals surface area (Å²) in [5, 5.41) is 6.47. The zero-order chi connectivity index (χ0) is 15.4. The molecule has 0 bridgehead atoms. The van der Waals surface area contributed by atoms with E-state index in [-0.39, 0.29) is 11.9 Å². The van der Waals surface area contributed by atoms with Gasteiger partial charge in [-0.3, -0.25) is 9.78 Å². The number of amides is 1. The monoisotopic (exact) mass is 295 g/mol. The number of aryl methyl sites for hydroxylation is 1. The molecule has 0 saturated carbocycles. The first kappa shape index (κ1) is 14.7. The van der Waals surface area contributed by atoms with Gasteiger partial charge >= 0.3 is 0 Å². The van der Waals surface area contributed by atoms with Gasteiger partial charge < -0.3 is 10.6 Å². The molecule has 2 aromatic rings. The van der Waals surface area contributed by atoms with Crippen molar-refractivity contribution in [3.8, 4) is 0 Å². The first-order chi connectivity index (χ1) is 10.8. The Hall–Kier alpha value is -2.20. The van der Waals surface area contributed by atoms with Crippen molar-refractivity contribution in [1.82, 2.24) is 15.6 Å². The minimum absolute atomic E-state index is 0.111. The fourth-order valence-corrected chi connectivity index (χ4v) is 2.88. The maximum atomic E-state index is 12.3. The highest BCUT2D eigenvalue weighted by molar-refractivity contribution is 5.92. The molecule has 1 aromatic heterocycles. The number of nitrogens with one attached hydrogen (secondary N) is 2. The Morgan fingerprint density at radius 1 is 1.36 bits per heavy atom. The summed E-state index contributed by atoms with van der Waals surface area (Å²) in [4.78, 5) is 16.4. The molecule has 1 unspecified atom stereocenters. The number of hydrogen-bond acceptors (Lipinski definition) is 3. The highest BCUT2D eigenvalue weighted by Crippen LogP contribution is 2.21. The number of pyridine rings is 1. The lowest BCUT2D eigenvalue weighted by molar-refractivity contribution is 0.0944. The highest BCUT2D eigenvalue weighted by atomic mass is 16.1. The van der Waals surface area contributed by atoms with E-state index in [4.69, 9.17) is 0 Å². The van der Waals surface area contributed by atoms with Crippen LogP contribution in [-0.4, -0.2) is 24.0 Å². The molecule has 2 heterocycles. The normalized spacial score (nSPS) is 16.9. The summed E-state index contributed by atoms with van der Waals surface area (Å²) in [6.45, 7) is 3.59. The van der Waals surface area contributed by atoms with Crippen LogP contribution >= 0.6 is 0 Å². The molecule has 0 saturated heterocycles. The van der Waals surface area contributed by atoms with E-state index < -0.39 is 0 Å². The number of carbonyl (C=O) groups excluding carboxylic acids is 1. The number of nitrogens with zero attached hydrogens (tertiary/aromatic N) is 1. The average molecular weight is 295 g/mol. The molecular formula is C18H21N3O. The molecule has 2 N–H and O–H groups in total. The number of aromatic nitrogens is 1. The van der Waals surface area contributed by atoms with Crippen molar-refractivity contribution in [2.45, 2.75) is 25.8 Å². The zero-order valence-corrected chi connectivity index (χ0v) is 12.8. The summed E-state index contributed by atoms with van der Waals surface area (Å²) in [5.41, 5.74) is 4.26. The molecule has 4 heteroatoms. The van der Waals surface area contributed by atoms with Crippen LogP contribution in [0.1, 0.15) is 40.1 Å². The van der Waals surface area contributed by atoms with Gasteiger partial charge in [0.1, 0.15) is 5.69 Å². The molecule has 3 rings (SSSR count). The number of carbonyl (C=O) groups is 1. The van der Waals surface area contributed by atoms with Gasteiger partial charge in [0.25, 0.3) is 5.91 Å². The number of fused-ring (bicyclic) bond motifs is 1. The smallest absolute Gasteiger partial charge is 0.269 e. The SMILES string of the molecule is CCc1ccnc(C(=O)NCC2NCCc3ccccc32)c1. The fourth-order valence-electron chi connectivity index (χ4n) is 2.88. The Bertz CT molecular complexity index is 669. The number of rotatable bonds is 4. The van der Waals surface area contributed by atoms with E-state index in [0.29, 0.717) is 12.2 Å². The van der Waals surface area contributed by atoms with Crippen molar-refractivity contribution in [3.05, 3.63) is 65.0 Å². The van der Waals surface area contributed by atoms with E-state index in [1.807, 2.05) is 18.2 Å². The lowest BCUT2D eigenvalue weighted by Gasteiger charge is -2.27. The second-order valence-electron chi connectivity index (χ2n) is 5.57. The maximum absolute atomic E-state index is 12.3. The Labute approximate surface area is 131 Å². The van der Waals surface area contributed by atoms with Crippen LogP contribution in [0.5, 0.6) is 0 Å². The Morgan fingerprint density at radius 2 is 2.23 bits per heavy atom. The summed E-state index contributed by atoms with van der Waals surface area (Å²) in [7, 11) is 0. The quantitative estimate of drug-likeness (QED) is 0.909. The van der Waals surface area contributed by atoms with E-state index in [1.54, 1.807) is 6.20 Å². The molecule has 22 heavy (non-hydrogen) atoms. The van der Waals surface area contributed by atoms with Crippen LogP contribution in [0.3, 0.4) is 0 Å². The summed E-state index contributed by atoms with van der Waals surface area (Å²) >= 11 is 0. The van der Waals surface area contributed by atoms with E-state index in [2.05, 4.69) is 40.7 Å². The summed E-state index contributed by atoms with van der Waals surface area (Å²) in [6.07, 6.45) is 3.64. The van der Waals surface area contributed by atoms with E-state index in [1.165, 1.54) is 11.1 Å². The van der Waals surface area contributed by atoms with Gasteiger partial charge in [0.15, 0.2) is 0 Å². The lowest BCUT2D eigenvalue weighted by atomic mass is 9.94. The molecule has 114 valence electrons. The van der Waals surface area contributed by atoms with Gasteiger partial charge in [-0.2, -0.15) is 0 Å². The van der Waals surface area contributed by atoms with E-state index in [0.717, 1.165) is 24.9 Å². The van der Waals surface area contributed by atoms with Crippen molar-refractivity contribution < 1.29 is 4.79 Å². The molecule has 0 radical (unpaired) electrons. The van der Waals surface area contributed by atoms with Gasteiger partial charge in [-0.05, 0) is 48.2 Å². The summed E-state index contributed by atoms with van der Waals surface area (Å²) < 4.78 is 0. The largest absolute Gasteiger partial charge is 0.349 e. The average Bonchev–Trinajstić information content (AvgIpc) is 2.59. The molecule has 1 aliphatic heterocycles. The predicted molar refractivity (Wildman–Crippen MR) is 86.8 cm³/mol. The van der Waals surface area contributed by atoms with E-state index in [9.17, 15) is 4.79 Å². The van der Waals surface area contributed by atoms with Crippen molar-refractivity contribution >= 4 is 5.91 Å². The third-order valence-corrected chi connectivity index (χ3v) is 4.15. The maximum Gasteiger partial charge on any atom is 0.269 e. The molecule has 1 atom stereocenters. The molecule has 1 aromatic carbocycles. The second-order valence-corrected chi connectivity index (χ2v) is 5.57. The molecule has 0 fully saturated rings. The molecule has 1 amide bonds. The van der Waals surface area contributed by atoms with E-state index >= 15 is 0 Å². The first-order valence-corrected chi connectivity index (χ1v) is 7.82. The standard InChI is InChI=1S/C18H21N3O/c1-2-13-7-9-19-16(11-13)18(22)21-12-17-15-6-4-3-5-14(15)8-10-20-17/h3-7,9,11,17,20H,2,8,10,12H2,1H3,(H,21,22). The molecule has 4 nitrogen and oxygen atoms in total.